The zero-order chi connectivity index (χ0) is 20.5. The van der Waals surface area contributed by atoms with Crippen LogP contribution in [0.5, 0.6) is 0 Å². The van der Waals surface area contributed by atoms with Gasteiger partial charge in [0.25, 0.3) is 5.91 Å². The Labute approximate surface area is 158 Å². The molecule has 152 valence electrons. The van der Waals surface area contributed by atoms with E-state index >= 15 is 0 Å². The zero-order valence-corrected chi connectivity index (χ0v) is 15.2. The summed E-state index contributed by atoms with van der Waals surface area (Å²) in [4.78, 5) is 24.7. The molecule has 1 aliphatic heterocycles. The SMILES string of the molecule is NC(=O)c1ncn([C@@H]2O[C@H](/C=C/P(=O)(O)OC3C=CC=CC3O)[C@@H](O)[C@H]2O)n1. The Balaban J connectivity index is 1.67. The Hall–Kier alpha value is -2.18. The second-order valence-electron chi connectivity index (χ2n) is 6.12. The van der Waals surface area contributed by atoms with Gasteiger partial charge in [-0.3, -0.25) is 13.9 Å². The maximum atomic E-state index is 12.2. The molecule has 3 rings (SSSR count). The van der Waals surface area contributed by atoms with E-state index in [4.69, 9.17) is 15.0 Å². The van der Waals surface area contributed by atoms with Crippen molar-refractivity contribution in [3.63, 3.8) is 0 Å². The fraction of sp³-hybridized carbons (Fsp3) is 0.400. The molecule has 1 amide bonds. The highest BCUT2D eigenvalue weighted by Gasteiger charge is 2.43. The molecule has 1 aliphatic carbocycles. The van der Waals surface area contributed by atoms with Gasteiger partial charge in [0.05, 0.1) is 0 Å². The van der Waals surface area contributed by atoms with Gasteiger partial charge in [-0.05, 0) is 6.08 Å². The lowest BCUT2D eigenvalue weighted by Gasteiger charge is -2.21. The van der Waals surface area contributed by atoms with Crippen LogP contribution >= 0.6 is 7.60 Å². The molecular formula is C15H19N4O8P. The van der Waals surface area contributed by atoms with Crippen molar-refractivity contribution in [2.75, 3.05) is 0 Å². The first-order valence-electron chi connectivity index (χ1n) is 8.14. The molecule has 7 atom stereocenters. The lowest BCUT2D eigenvalue weighted by molar-refractivity contribution is -0.0346. The number of rotatable bonds is 6. The van der Waals surface area contributed by atoms with E-state index < -0.39 is 50.3 Å². The van der Waals surface area contributed by atoms with Gasteiger partial charge >= 0.3 is 7.60 Å². The highest BCUT2D eigenvalue weighted by molar-refractivity contribution is 7.56. The number of primary amides is 1. The summed E-state index contributed by atoms with van der Waals surface area (Å²) >= 11 is 0. The summed E-state index contributed by atoms with van der Waals surface area (Å²) in [6.45, 7) is 0. The van der Waals surface area contributed by atoms with Gasteiger partial charge in [0, 0.05) is 5.82 Å². The van der Waals surface area contributed by atoms with E-state index in [1.807, 2.05) is 0 Å². The van der Waals surface area contributed by atoms with E-state index in [0.29, 0.717) is 0 Å². The molecule has 1 saturated heterocycles. The first-order chi connectivity index (χ1) is 13.2. The summed E-state index contributed by atoms with van der Waals surface area (Å²) in [5.41, 5.74) is 5.06. The minimum atomic E-state index is -4.29. The van der Waals surface area contributed by atoms with Crippen LogP contribution in [0.25, 0.3) is 0 Å². The van der Waals surface area contributed by atoms with Crippen molar-refractivity contribution in [2.45, 2.75) is 36.7 Å². The maximum absolute atomic E-state index is 12.2. The van der Waals surface area contributed by atoms with Crippen LogP contribution < -0.4 is 5.73 Å². The van der Waals surface area contributed by atoms with Crippen LogP contribution in [0.2, 0.25) is 0 Å². The van der Waals surface area contributed by atoms with Gasteiger partial charge < -0.3 is 30.7 Å². The average molecular weight is 414 g/mol. The third kappa shape index (κ3) is 4.45. The number of nitrogens with zero attached hydrogens (tertiary/aromatic N) is 3. The predicted molar refractivity (Wildman–Crippen MR) is 92.6 cm³/mol. The molecule has 2 aliphatic rings. The number of amides is 1. The number of hydrogen-bond donors (Lipinski definition) is 5. The van der Waals surface area contributed by atoms with Crippen LogP contribution in [0.3, 0.4) is 0 Å². The monoisotopic (exact) mass is 414 g/mol. The van der Waals surface area contributed by atoms with Crippen LogP contribution in [0.15, 0.2) is 42.5 Å². The standard InChI is InChI=1S/C15H19N4O8P/c16-13(23)14-17-7-19(18-14)15-12(22)11(21)10(26-15)5-6-28(24,25)27-9-4-2-1-3-8(9)20/h1-12,15,20-22H,(H2,16,23)(H,24,25)/b6-5+/t8?,9?,10-,11-,12-,15-/m1/s1. The topological polar surface area (TPSA) is 190 Å². The number of carbonyl (C=O) groups is 1. The van der Waals surface area contributed by atoms with Gasteiger partial charge in [0.15, 0.2) is 6.23 Å². The molecule has 2 heterocycles. The summed E-state index contributed by atoms with van der Waals surface area (Å²) in [6.07, 6.45) is 0.744. The molecule has 28 heavy (non-hydrogen) atoms. The summed E-state index contributed by atoms with van der Waals surface area (Å²) in [5.74, 6) is -0.383. The summed E-state index contributed by atoms with van der Waals surface area (Å²) in [7, 11) is -4.29. The van der Waals surface area contributed by atoms with Crippen LogP contribution in [-0.2, 0) is 13.8 Å². The van der Waals surface area contributed by atoms with Gasteiger partial charge in [-0.15, -0.1) is 5.10 Å². The Kier molecular flexibility index (Phi) is 5.91. The van der Waals surface area contributed by atoms with Gasteiger partial charge in [-0.2, -0.15) is 0 Å². The minimum Gasteiger partial charge on any atom is -0.387 e. The van der Waals surface area contributed by atoms with E-state index in [9.17, 15) is 29.6 Å². The average Bonchev–Trinajstić information content (AvgIpc) is 3.22. The van der Waals surface area contributed by atoms with E-state index in [0.717, 1.165) is 22.9 Å². The largest absolute Gasteiger partial charge is 0.387 e. The summed E-state index contributed by atoms with van der Waals surface area (Å²) in [6, 6.07) is 0. The lowest BCUT2D eigenvalue weighted by Crippen LogP contribution is -2.31. The predicted octanol–water partition coefficient (Wildman–Crippen LogP) is -1.43. The molecule has 1 aromatic rings. The minimum absolute atomic E-state index is 0.300. The number of aliphatic hydroxyl groups excluding tert-OH is 3. The van der Waals surface area contributed by atoms with E-state index in [2.05, 4.69) is 10.1 Å². The van der Waals surface area contributed by atoms with Crippen molar-refractivity contribution < 1.29 is 38.8 Å². The molecule has 6 N–H and O–H groups in total. The Morgan fingerprint density at radius 1 is 1.29 bits per heavy atom. The quantitative estimate of drug-likeness (QED) is 0.345. The number of aromatic nitrogens is 3. The fourth-order valence-electron chi connectivity index (χ4n) is 2.65. The Bertz CT molecular complexity index is 868. The number of ether oxygens (including phenoxy) is 1. The molecule has 1 aromatic heterocycles. The molecular weight excluding hydrogens is 395 g/mol. The smallest absolute Gasteiger partial charge is 0.352 e. The number of nitrogens with two attached hydrogens (primary N) is 1. The zero-order valence-electron chi connectivity index (χ0n) is 14.3. The normalized spacial score (nSPS) is 34.7. The van der Waals surface area contributed by atoms with Crippen LogP contribution in [0, 0.1) is 0 Å². The second kappa shape index (κ2) is 8.05. The lowest BCUT2D eigenvalue weighted by atomic mass is 10.1. The van der Waals surface area contributed by atoms with Crippen molar-refractivity contribution in [1.82, 2.24) is 14.8 Å². The second-order valence-corrected chi connectivity index (χ2v) is 7.76. The van der Waals surface area contributed by atoms with Crippen molar-refractivity contribution in [2.24, 2.45) is 5.73 Å². The number of aliphatic hydroxyl groups is 3. The van der Waals surface area contributed by atoms with Gasteiger partial charge in [-0.25, -0.2) is 9.67 Å². The number of allylic oxidation sites excluding steroid dienone is 2. The van der Waals surface area contributed by atoms with Crippen molar-refractivity contribution in [3.8, 4) is 0 Å². The molecule has 13 heteroatoms. The Morgan fingerprint density at radius 3 is 2.64 bits per heavy atom. The molecule has 0 radical (unpaired) electrons. The van der Waals surface area contributed by atoms with Gasteiger partial charge in [0.2, 0.25) is 5.82 Å². The third-order valence-electron chi connectivity index (χ3n) is 4.06. The molecule has 0 aromatic carbocycles. The molecule has 0 spiro atoms. The van der Waals surface area contributed by atoms with Crippen molar-refractivity contribution in [1.29, 1.82) is 0 Å². The highest BCUT2D eigenvalue weighted by atomic mass is 31.2. The maximum Gasteiger partial charge on any atom is 0.352 e. The number of hydrogen-bond acceptors (Lipinski definition) is 9. The Morgan fingerprint density at radius 2 is 2.00 bits per heavy atom. The van der Waals surface area contributed by atoms with Gasteiger partial charge in [0.1, 0.15) is 36.8 Å². The number of carbonyl (C=O) groups excluding carboxylic acids is 1. The molecule has 0 saturated carbocycles. The molecule has 0 bridgehead atoms. The summed E-state index contributed by atoms with van der Waals surface area (Å²) in [5, 5.41) is 33.7. The van der Waals surface area contributed by atoms with E-state index in [1.54, 1.807) is 12.2 Å². The third-order valence-corrected chi connectivity index (χ3v) is 5.15. The molecule has 1 fully saturated rings. The molecule has 12 nitrogen and oxygen atoms in total. The highest BCUT2D eigenvalue weighted by Crippen LogP contribution is 2.46. The van der Waals surface area contributed by atoms with Crippen LogP contribution in [0.1, 0.15) is 16.8 Å². The van der Waals surface area contributed by atoms with Crippen molar-refractivity contribution >= 4 is 13.5 Å². The first kappa shape index (κ1) is 20.6. The van der Waals surface area contributed by atoms with Crippen molar-refractivity contribution in [3.05, 3.63) is 48.3 Å². The summed E-state index contributed by atoms with van der Waals surface area (Å²) < 4.78 is 23.7. The van der Waals surface area contributed by atoms with Crippen LogP contribution in [0.4, 0.5) is 0 Å². The fourth-order valence-corrected chi connectivity index (χ4v) is 3.65. The van der Waals surface area contributed by atoms with Gasteiger partial charge in [-0.1, -0.05) is 24.3 Å². The van der Waals surface area contributed by atoms with E-state index in [-0.39, 0.29) is 5.82 Å². The molecule has 3 unspecified atom stereocenters. The van der Waals surface area contributed by atoms with Crippen LogP contribution in [-0.4, -0.2) is 71.4 Å². The first-order valence-corrected chi connectivity index (χ1v) is 9.78. The van der Waals surface area contributed by atoms with E-state index in [1.165, 1.54) is 12.2 Å².